The lowest BCUT2D eigenvalue weighted by molar-refractivity contribution is 0.460. The molecule has 0 aromatic heterocycles. The molecule has 0 fully saturated rings. The second-order valence-corrected chi connectivity index (χ2v) is 7.21. The van der Waals surface area contributed by atoms with Crippen LogP contribution in [-0.2, 0) is 0 Å². The highest BCUT2D eigenvalue weighted by atomic mass is 14.6. The van der Waals surface area contributed by atoms with E-state index >= 15 is 0 Å². The highest BCUT2D eigenvalue weighted by molar-refractivity contribution is 4.65. The first-order valence-corrected chi connectivity index (χ1v) is 10.2. The van der Waals surface area contributed by atoms with Crippen molar-refractivity contribution in [2.75, 3.05) is 0 Å². The molecule has 0 aliphatic carbocycles. The van der Waals surface area contributed by atoms with Crippen LogP contribution in [0.2, 0.25) is 0 Å². The van der Waals surface area contributed by atoms with E-state index in [4.69, 9.17) is 11.5 Å². The van der Waals surface area contributed by atoms with Crippen LogP contribution in [0, 0.1) is 0 Å². The fourth-order valence-electron chi connectivity index (χ4n) is 3.12. The van der Waals surface area contributed by atoms with Gasteiger partial charge in [-0.1, -0.05) is 90.9 Å². The average Bonchev–Trinajstić information content (AvgIpc) is 2.51. The van der Waals surface area contributed by atoms with Gasteiger partial charge in [0.2, 0.25) is 0 Å². The SMILES string of the molecule is CCCCCCCC(N)CCCCC(N)CCCCCCC. The van der Waals surface area contributed by atoms with Gasteiger partial charge >= 0.3 is 0 Å². The van der Waals surface area contributed by atoms with Crippen molar-refractivity contribution in [2.24, 2.45) is 11.5 Å². The van der Waals surface area contributed by atoms with Crippen molar-refractivity contribution < 1.29 is 0 Å². The summed E-state index contributed by atoms with van der Waals surface area (Å²) in [6, 6.07) is 0.846. The molecule has 0 aromatic carbocycles. The summed E-state index contributed by atoms with van der Waals surface area (Å²) in [5.41, 5.74) is 12.4. The third-order valence-electron chi connectivity index (χ3n) is 4.76. The summed E-state index contributed by atoms with van der Waals surface area (Å²) in [7, 11) is 0. The van der Waals surface area contributed by atoms with Crippen molar-refractivity contribution >= 4 is 0 Å². The minimum atomic E-state index is 0.423. The Morgan fingerprint density at radius 2 is 0.727 bits per heavy atom. The van der Waals surface area contributed by atoms with Crippen LogP contribution < -0.4 is 11.5 Å². The zero-order chi connectivity index (χ0) is 16.5. The molecule has 0 saturated carbocycles. The molecule has 0 heterocycles. The molecule has 4 N–H and O–H groups in total. The van der Waals surface area contributed by atoms with Crippen LogP contribution >= 0.6 is 0 Å². The molecule has 2 heteroatoms. The second-order valence-electron chi connectivity index (χ2n) is 7.21. The van der Waals surface area contributed by atoms with Crippen molar-refractivity contribution in [3.63, 3.8) is 0 Å². The first-order chi connectivity index (χ1) is 10.7. The van der Waals surface area contributed by atoms with E-state index in [2.05, 4.69) is 13.8 Å². The molecule has 0 aliphatic rings. The number of nitrogens with two attached hydrogens (primary N) is 2. The average molecular weight is 313 g/mol. The van der Waals surface area contributed by atoms with Gasteiger partial charge in [0.1, 0.15) is 0 Å². The predicted octanol–water partition coefficient (Wildman–Crippen LogP) is 5.92. The second kappa shape index (κ2) is 17.3. The van der Waals surface area contributed by atoms with E-state index in [-0.39, 0.29) is 0 Å². The number of hydrogen-bond acceptors (Lipinski definition) is 2. The molecule has 0 radical (unpaired) electrons. The third-order valence-corrected chi connectivity index (χ3v) is 4.76. The Bertz CT molecular complexity index is 184. The highest BCUT2D eigenvalue weighted by Gasteiger charge is 2.05. The van der Waals surface area contributed by atoms with Crippen LogP contribution in [0.5, 0.6) is 0 Å². The molecule has 2 unspecified atom stereocenters. The molecular formula is C20H44N2. The van der Waals surface area contributed by atoms with Crippen LogP contribution in [0.25, 0.3) is 0 Å². The Morgan fingerprint density at radius 1 is 0.455 bits per heavy atom. The minimum Gasteiger partial charge on any atom is -0.328 e. The Balaban J connectivity index is 3.28. The largest absolute Gasteiger partial charge is 0.328 e. The maximum absolute atomic E-state index is 6.20. The lowest BCUT2D eigenvalue weighted by atomic mass is 9.99. The van der Waals surface area contributed by atoms with E-state index in [0.29, 0.717) is 12.1 Å². The molecule has 2 nitrogen and oxygen atoms in total. The topological polar surface area (TPSA) is 52.0 Å². The van der Waals surface area contributed by atoms with Crippen LogP contribution in [0.15, 0.2) is 0 Å². The van der Waals surface area contributed by atoms with Gasteiger partial charge in [-0.05, 0) is 25.7 Å². The van der Waals surface area contributed by atoms with Crippen molar-refractivity contribution in [3.05, 3.63) is 0 Å². The summed E-state index contributed by atoms with van der Waals surface area (Å²) < 4.78 is 0. The molecule has 22 heavy (non-hydrogen) atoms. The number of rotatable bonds is 17. The smallest absolute Gasteiger partial charge is 0.00388 e. The van der Waals surface area contributed by atoms with Gasteiger partial charge in [0.05, 0.1) is 0 Å². The molecule has 134 valence electrons. The minimum absolute atomic E-state index is 0.423. The molecule has 0 aromatic rings. The number of unbranched alkanes of at least 4 members (excludes halogenated alkanes) is 9. The lowest BCUT2D eigenvalue weighted by Crippen LogP contribution is -2.21. The van der Waals surface area contributed by atoms with Crippen molar-refractivity contribution in [2.45, 2.75) is 129 Å². The van der Waals surface area contributed by atoms with Gasteiger partial charge in [0.15, 0.2) is 0 Å². The molecule has 2 atom stereocenters. The van der Waals surface area contributed by atoms with Crippen LogP contribution in [0.1, 0.15) is 117 Å². The molecule has 0 rings (SSSR count). The van der Waals surface area contributed by atoms with Crippen molar-refractivity contribution in [3.8, 4) is 0 Å². The summed E-state index contributed by atoms with van der Waals surface area (Å²) in [5, 5.41) is 0. The quantitative estimate of drug-likeness (QED) is 0.327. The molecule has 0 bridgehead atoms. The van der Waals surface area contributed by atoms with Gasteiger partial charge in [-0.3, -0.25) is 0 Å². The maximum Gasteiger partial charge on any atom is 0.00388 e. The fourth-order valence-corrected chi connectivity index (χ4v) is 3.12. The van der Waals surface area contributed by atoms with Crippen LogP contribution in [0.3, 0.4) is 0 Å². The maximum atomic E-state index is 6.20. The predicted molar refractivity (Wildman–Crippen MR) is 101 cm³/mol. The van der Waals surface area contributed by atoms with Gasteiger partial charge in [0, 0.05) is 12.1 Å². The normalized spacial score (nSPS) is 14.2. The van der Waals surface area contributed by atoms with Crippen LogP contribution in [-0.4, -0.2) is 12.1 Å². The van der Waals surface area contributed by atoms with Gasteiger partial charge in [-0.2, -0.15) is 0 Å². The molecule has 0 aliphatic heterocycles. The zero-order valence-corrected chi connectivity index (χ0v) is 15.6. The van der Waals surface area contributed by atoms with Crippen LogP contribution in [0.4, 0.5) is 0 Å². The van der Waals surface area contributed by atoms with Gasteiger partial charge in [-0.15, -0.1) is 0 Å². The van der Waals surface area contributed by atoms with Gasteiger partial charge in [0.25, 0.3) is 0 Å². The lowest BCUT2D eigenvalue weighted by Gasteiger charge is -2.13. The fraction of sp³-hybridized carbons (Fsp3) is 1.00. The summed E-state index contributed by atoms with van der Waals surface area (Å²) in [5.74, 6) is 0. The Hall–Kier alpha value is -0.0800. The molecular weight excluding hydrogens is 268 g/mol. The highest BCUT2D eigenvalue weighted by Crippen LogP contribution is 2.13. The monoisotopic (exact) mass is 312 g/mol. The van der Waals surface area contributed by atoms with Crippen molar-refractivity contribution in [1.29, 1.82) is 0 Å². The summed E-state index contributed by atoms with van der Waals surface area (Å²) in [4.78, 5) is 0. The van der Waals surface area contributed by atoms with E-state index in [0.717, 1.165) is 0 Å². The Labute approximate surface area is 140 Å². The molecule has 0 amide bonds. The van der Waals surface area contributed by atoms with Gasteiger partial charge in [-0.25, -0.2) is 0 Å². The van der Waals surface area contributed by atoms with E-state index in [9.17, 15) is 0 Å². The third kappa shape index (κ3) is 16.3. The van der Waals surface area contributed by atoms with Crippen molar-refractivity contribution in [1.82, 2.24) is 0 Å². The van der Waals surface area contributed by atoms with E-state index in [1.54, 1.807) is 0 Å². The summed E-state index contributed by atoms with van der Waals surface area (Å²) in [6.45, 7) is 4.53. The van der Waals surface area contributed by atoms with Gasteiger partial charge < -0.3 is 11.5 Å². The van der Waals surface area contributed by atoms with E-state index in [1.807, 2.05) is 0 Å². The standard InChI is InChI=1S/C20H44N2/c1-3-5-7-9-11-15-19(21)17-13-14-18-20(22)16-12-10-8-6-4-2/h19-20H,3-18,21-22H2,1-2H3. The first kappa shape index (κ1) is 21.9. The summed E-state index contributed by atoms with van der Waals surface area (Å²) in [6.07, 6.45) is 20.9. The Kier molecular flexibility index (Phi) is 17.2. The molecule has 0 saturated heterocycles. The zero-order valence-electron chi connectivity index (χ0n) is 15.6. The molecule has 0 spiro atoms. The first-order valence-electron chi connectivity index (χ1n) is 10.2. The van der Waals surface area contributed by atoms with E-state index < -0.39 is 0 Å². The van der Waals surface area contributed by atoms with E-state index in [1.165, 1.54) is 103 Å². The Morgan fingerprint density at radius 3 is 1.05 bits per heavy atom. The summed E-state index contributed by atoms with van der Waals surface area (Å²) >= 11 is 0. The number of hydrogen-bond donors (Lipinski definition) is 2.